The lowest BCUT2D eigenvalue weighted by atomic mass is 10.1. The van der Waals surface area contributed by atoms with Crippen molar-refractivity contribution >= 4 is 5.97 Å². The number of ether oxygens (including phenoxy) is 2. The first kappa shape index (κ1) is 16.3. The van der Waals surface area contributed by atoms with Gasteiger partial charge in [0.2, 0.25) is 0 Å². The molecule has 0 fully saturated rings. The van der Waals surface area contributed by atoms with E-state index in [1.54, 1.807) is 0 Å². The van der Waals surface area contributed by atoms with Crippen LogP contribution in [0, 0.1) is 0 Å². The van der Waals surface area contributed by atoms with Gasteiger partial charge in [0.25, 0.3) is 0 Å². The van der Waals surface area contributed by atoms with Crippen molar-refractivity contribution in [2.24, 2.45) is 0 Å². The molecule has 1 unspecified atom stereocenters. The highest BCUT2D eigenvalue weighted by Gasteiger charge is 2.09. The Hall–Kier alpha value is -1.75. The minimum atomic E-state index is -0.849. The van der Waals surface area contributed by atoms with Crippen molar-refractivity contribution in [3.05, 3.63) is 23.8 Å². The van der Waals surface area contributed by atoms with Gasteiger partial charge in [-0.05, 0) is 44.9 Å². The van der Waals surface area contributed by atoms with Crippen LogP contribution in [0.4, 0.5) is 0 Å². The van der Waals surface area contributed by atoms with E-state index in [1.165, 1.54) is 0 Å². The molecule has 0 aromatic heterocycles. The third kappa shape index (κ3) is 5.48. The van der Waals surface area contributed by atoms with Gasteiger partial charge in [-0.15, -0.1) is 0 Å². The minimum Gasteiger partial charge on any atom is -0.490 e. The molecule has 112 valence electrons. The quantitative estimate of drug-likeness (QED) is 0.725. The van der Waals surface area contributed by atoms with E-state index in [1.807, 2.05) is 39.0 Å². The molecule has 0 radical (unpaired) electrons. The lowest BCUT2D eigenvalue weighted by Crippen LogP contribution is -2.32. The van der Waals surface area contributed by atoms with Gasteiger partial charge >= 0.3 is 5.97 Å². The molecule has 2 N–H and O–H groups in total. The van der Waals surface area contributed by atoms with Gasteiger partial charge in [0.05, 0.1) is 19.8 Å². The van der Waals surface area contributed by atoms with Gasteiger partial charge in [-0.1, -0.05) is 6.07 Å². The molecule has 1 aromatic rings. The summed E-state index contributed by atoms with van der Waals surface area (Å²) in [5, 5.41) is 11.6. The summed E-state index contributed by atoms with van der Waals surface area (Å²) in [5.41, 5.74) is 1.09. The van der Waals surface area contributed by atoms with Gasteiger partial charge in [0.1, 0.15) is 0 Å². The molecule has 5 heteroatoms. The zero-order chi connectivity index (χ0) is 15.0. The summed E-state index contributed by atoms with van der Waals surface area (Å²) in [6, 6.07) is 5.91. The number of rotatable bonds is 9. The Morgan fingerprint density at radius 1 is 1.25 bits per heavy atom. The maximum Gasteiger partial charge on any atom is 0.317 e. The number of carboxylic acid groups (broad SMARTS) is 1. The fourth-order valence-electron chi connectivity index (χ4n) is 1.91. The molecular formula is C15H23NO4. The molecular weight excluding hydrogens is 258 g/mol. The molecule has 0 bridgehead atoms. The van der Waals surface area contributed by atoms with Gasteiger partial charge in [-0.3, -0.25) is 4.79 Å². The SMILES string of the molecule is CCOc1ccc(CC(C)NCC(=O)O)cc1OCC. The smallest absolute Gasteiger partial charge is 0.317 e. The van der Waals surface area contributed by atoms with E-state index in [9.17, 15) is 4.79 Å². The Morgan fingerprint density at radius 3 is 2.50 bits per heavy atom. The van der Waals surface area contributed by atoms with E-state index >= 15 is 0 Å². The summed E-state index contributed by atoms with van der Waals surface area (Å²) in [5.74, 6) is 0.625. The molecule has 1 aromatic carbocycles. The first-order valence-electron chi connectivity index (χ1n) is 6.90. The van der Waals surface area contributed by atoms with Crippen LogP contribution < -0.4 is 14.8 Å². The second kappa shape index (κ2) is 8.43. The van der Waals surface area contributed by atoms with Crippen LogP contribution >= 0.6 is 0 Å². The van der Waals surface area contributed by atoms with Crippen LogP contribution in [0.2, 0.25) is 0 Å². The van der Waals surface area contributed by atoms with Gasteiger partial charge in [0, 0.05) is 6.04 Å². The molecule has 0 saturated carbocycles. The van der Waals surface area contributed by atoms with E-state index in [4.69, 9.17) is 14.6 Å². The molecule has 0 spiro atoms. The van der Waals surface area contributed by atoms with E-state index in [-0.39, 0.29) is 12.6 Å². The monoisotopic (exact) mass is 281 g/mol. The molecule has 0 aliphatic heterocycles. The number of hydrogen-bond donors (Lipinski definition) is 2. The molecule has 0 aliphatic carbocycles. The van der Waals surface area contributed by atoms with Crippen molar-refractivity contribution in [3.63, 3.8) is 0 Å². The maximum atomic E-state index is 10.5. The second-order valence-corrected chi connectivity index (χ2v) is 4.53. The van der Waals surface area contributed by atoms with Gasteiger partial charge in [-0.2, -0.15) is 0 Å². The number of carbonyl (C=O) groups is 1. The van der Waals surface area contributed by atoms with Gasteiger partial charge in [0.15, 0.2) is 11.5 Å². The number of aliphatic carboxylic acids is 1. The lowest BCUT2D eigenvalue weighted by Gasteiger charge is -2.15. The van der Waals surface area contributed by atoms with E-state index in [0.717, 1.165) is 23.5 Å². The molecule has 0 saturated heterocycles. The Kier molecular flexibility index (Phi) is 6.87. The largest absolute Gasteiger partial charge is 0.490 e. The highest BCUT2D eigenvalue weighted by atomic mass is 16.5. The fourth-order valence-corrected chi connectivity index (χ4v) is 1.91. The van der Waals surface area contributed by atoms with E-state index < -0.39 is 5.97 Å². The summed E-state index contributed by atoms with van der Waals surface area (Å²) >= 11 is 0. The van der Waals surface area contributed by atoms with Crippen LogP contribution in [0.1, 0.15) is 26.3 Å². The van der Waals surface area contributed by atoms with Crippen LogP contribution in [0.15, 0.2) is 18.2 Å². The van der Waals surface area contributed by atoms with Crippen LogP contribution in [0.25, 0.3) is 0 Å². The molecule has 1 atom stereocenters. The number of nitrogens with one attached hydrogen (secondary N) is 1. The number of carboxylic acids is 1. The molecule has 0 amide bonds. The molecule has 0 aliphatic rings. The van der Waals surface area contributed by atoms with Crippen molar-refractivity contribution in [3.8, 4) is 11.5 Å². The number of benzene rings is 1. The fraction of sp³-hybridized carbons (Fsp3) is 0.533. The van der Waals surface area contributed by atoms with Crippen molar-refractivity contribution in [2.75, 3.05) is 19.8 Å². The topological polar surface area (TPSA) is 67.8 Å². The van der Waals surface area contributed by atoms with Crippen molar-refractivity contribution in [1.29, 1.82) is 0 Å². The second-order valence-electron chi connectivity index (χ2n) is 4.53. The molecule has 0 heterocycles. The average molecular weight is 281 g/mol. The normalized spacial score (nSPS) is 11.9. The van der Waals surface area contributed by atoms with Crippen LogP contribution in [-0.2, 0) is 11.2 Å². The third-order valence-corrected chi connectivity index (χ3v) is 2.75. The predicted molar refractivity (Wildman–Crippen MR) is 77.6 cm³/mol. The Balaban J connectivity index is 2.70. The lowest BCUT2D eigenvalue weighted by molar-refractivity contribution is -0.136. The summed E-state index contributed by atoms with van der Waals surface area (Å²) in [6.45, 7) is 6.96. The van der Waals surface area contributed by atoms with Crippen LogP contribution in [0.3, 0.4) is 0 Å². The van der Waals surface area contributed by atoms with Crippen LogP contribution in [-0.4, -0.2) is 36.9 Å². The summed E-state index contributed by atoms with van der Waals surface area (Å²) in [7, 11) is 0. The maximum absolute atomic E-state index is 10.5. The zero-order valence-corrected chi connectivity index (χ0v) is 12.3. The zero-order valence-electron chi connectivity index (χ0n) is 12.3. The molecule has 20 heavy (non-hydrogen) atoms. The molecule has 1 rings (SSSR count). The Morgan fingerprint density at radius 2 is 1.90 bits per heavy atom. The Bertz CT molecular complexity index is 434. The summed E-state index contributed by atoms with van der Waals surface area (Å²) < 4.78 is 11.1. The third-order valence-electron chi connectivity index (χ3n) is 2.75. The van der Waals surface area contributed by atoms with Gasteiger partial charge in [-0.25, -0.2) is 0 Å². The highest BCUT2D eigenvalue weighted by Crippen LogP contribution is 2.28. The van der Waals surface area contributed by atoms with Crippen molar-refractivity contribution < 1.29 is 19.4 Å². The van der Waals surface area contributed by atoms with E-state index in [0.29, 0.717) is 13.2 Å². The Labute approximate surface area is 119 Å². The summed E-state index contributed by atoms with van der Waals surface area (Å²) in [6.07, 6.45) is 0.736. The minimum absolute atomic E-state index is 0.0312. The average Bonchev–Trinajstić information content (AvgIpc) is 2.40. The standard InChI is InChI=1S/C15H23NO4/c1-4-19-13-7-6-12(9-14(13)20-5-2)8-11(3)16-10-15(17)18/h6-7,9,11,16H,4-5,8,10H2,1-3H3,(H,17,18). The number of hydrogen-bond acceptors (Lipinski definition) is 4. The highest BCUT2D eigenvalue weighted by molar-refractivity contribution is 5.69. The predicted octanol–water partition coefficient (Wildman–Crippen LogP) is 2.09. The van der Waals surface area contributed by atoms with Gasteiger partial charge < -0.3 is 19.9 Å². The van der Waals surface area contributed by atoms with E-state index in [2.05, 4.69) is 5.32 Å². The van der Waals surface area contributed by atoms with Crippen molar-refractivity contribution in [2.45, 2.75) is 33.2 Å². The first-order chi connectivity index (χ1) is 9.56. The molecule has 5 nitrogen and oxygen atoms in total. The summed E-state index contributed by atoms with van der Waals surface area (Å²) in [4.78, 5) is 10.5. The van der Waals surface area contributed by atoms with Crippen LogP contribution in [0.5, 0.6) is 11.5 Å². The first-order valence-corrected chi connectivity index (χ1v) is 6.90. The van der Waals surface area contributed by atoms with Crippen molar-refractivity contribution in [1.82, 2.24) is 5.32 Å².